The van der Waals surface area contributed by atoms with Gasteiger partial charge in [0.2, 0.25) is 5.76 Å². The largest absolute Gasteiger partial charge is 0.447 e. The predicted octanol–water partition coefficient (Wildman–Crippen LogP) is 1.89. The molecule has 0 radical (unpaired) electrons. The summed E-state index contributed by atoms with van der Waals surface area (Å²) in [6.07, 6.45) is 3.65. The lowest BCUT2D eigenvalue weighted by atomic mass is 9.96. The molecular formula is C15H19N3O7. The van der Waals surface area contributed by atoms with Crippen LogP contribution in [0, 0.1) is 10.1 Å². The van der Waals surface area contributed by atoms with Crippen LogP contribution in [0.4, 0.5) is 10.7 Å². The number of furan rings is 1. The van der Waals surface area contributed by atoms with E-state index in [0.717, 1.165) is 44.2 Å². The van der Waals surface area contributed by atoms with Crippen LogP contribution in [0.5, 0.6) is 0 Å². The summed E-state index contributed by atoms with van der Waals surface area (Å²) in [5.41, 5.74) is 0. The van der Waals surface area contributed by atoms with Gasteiger partial charge in [-0.05, 0) is 25.8 Å². The van der Waals surface area contributed by atoms with Gasteiger partial charge in [-0.1, -0.05) is 19.3 Å². The summed E-state index contributed by atoms with van der Waals surface area (Å²) in [6.45, 7) is 1.28. The van der Waals surface area contributed by atoms with E-state index in [1.807, 2.05) is 0 Å². The fourth-order valence-corrected chi connectivity index (χ4v) is 2.49. The van der Waals surface area contributed by atoms with Crippen LogP contribution in [0.3, 0.4) is 0 Å². The molecule has 10 nitrogen and oxygen atoms in total. The topological polar surface area (TPSA) is 141 Å². The molecule has 1 atom stereocenters. The summed E-state index contributed by atoms with van der Waals surface area (Å²) in [4.78, 5) is 45.1. The molecule has 10 heteroatoms. The Kier molecular flexibility index (Phi) is 6.09. The molecule has 0 saturated heterocycles. The smallest absolute Gasteiger partial charge is 0.433 e. The van der Waals surface area contributed by atoms with Crippen molar-refractivity contribution in [2.45, 2.75) is 51.2 Å². The molecule has 1 aromatic heterocycles. The maximum atomic E-state index is 11.9. The van der Waals surface area contributed by atoms with Gasteiger partial charge in [0.25, 0.3) is 5.91 Å². The van der Waals surface area contributed by atoms with Gasteiger partial charge in [0, 0.05) is 6.04 Å². The Morgan fingerprint density at radius 2 is 1.96 bits per heavy atom. The van der Waals surface area contributed by atoms with Gasteiger partial charge in [0.1, 0.15) is 4.92 Å². The molecular weight excluding hydrogens is 334 g/mol. The minimum absolute atomic E-state index is 0.0306. The van der Waals surface area contributed by atoms with Crippen molar-refractivity contribution in [2.75, 3.05) is 0 Å². The van der Waals surface area contributed by atoms with Gasteiger partial charge in [-0.15, -0.1) is 0 Å². The van der Waals surface area contributed by atoms with Crippen molar-refractivity contribution in [3.05, 3.63) is 28.0 Å². The summed E-state index contributed by atoms with van der Waals surface area (Å²) < 4.78 is 9.52. The van der Waals surface area contributed by atoms with Gasteiger partial charge < -0.3 is 14.5 Å². The number of urea groups is 1. The van der Waals surface area contributed by atoms with E-state index < -0.39 is 40.6 Å². The molecule has 2 N–H and O–H groups in total. The number of esters is 1. The van der Waals surface area contributed by atoms with Crippen LogP contribution in [0.25, 0.3) is 0 Å². The summed E-state index contributed by atoms with van der Waals surface area (Å²) in [7, 11) is 0. The summed E-state index contributed by atoms with van der Waals surface area (Å²) in [6, 6.07) is 1.45. The summed E-state index contributed by atoms with van der Waals surface area (Å²) >= 11 is 0. The standard InChI is InChI=1S/C15H19N3O7/c1-9(24-14(20)11-7-8-12(25-11)18(22)23)13(19)17-15(21)16-10-5-3-2-4-6-10/h7-10H,2-6H2,1H3,(H2,16,17,19,21)/t9-/m1/s1. The highest BCUT2D eigenvalue weighted by Gasteiger charge is 2.25. The molecule has 0 bridgehead atoms. The Hall–Kier alpha value is -2.91. The molecule has 1 aromatic rings. The molecule has 0 aliphatic heterocycles. The van der Waals surface area contributed by atoms with Gasteiger partial charge in [0.15, 0.2) is 6.10 Å². The molecule has 2 rings (SSSR count). The predicted molar refractivity (Wildman–Crippen MR) is 83.8 cm³/mol. The lowest BCUT2D eigenvalue weighted by Gasteiger charge is -2.23. The first-order valence-corrected chi connectivity index (χ1v) is 7.93. The molecule has 1 heterocycles. The van der Waals surface area contributed by atoms with Gasteiger partial charge in [-0.25, -0.2) is 9.59 Å². The van der Waals surface area contributed by atoms with Crippen LogP contribution in [0.1, 0.15) is 49.6 Å². The SMILES string of the molecule is C[C@@H](OC(=O)c1ccc([N+](=O)[O-])o1)C(=O)NC(=O)NC1CCCCC1. The Labute approximate surface area is 143 Å². The van der Waals surface area contributed by atoms with E-state index in [0.29, 0.717) is 0 Å². The lowest BCUT2D eigenvalue weighted by molar-refractivity contribution is -0.402. The molecule has 1 aliphatic rings. The zero-order valence-corrected chi connectivity index (χ0v) is 13.6. The lowest BCUT2D eigenvalue weighted by Crippen LogP contribution is -2.48. The van der Waals surface area contributed by atoms with Crippen molar-refractivity contribution in [1.82, 2.24) is 10.6 Å². The quantitative estimate of drug-likeness (QED) is 0.468. The maximum Gasteiger partial charge on any atom is 0.433 e. The monoisotopic (exact) mass is 353 g/mol. The van der Waals surface area contributed by atoms with Crippen molar-refractivity contribution in [2.24, 2.45) is 0 Å². The Morgan fingerprint density at radius 3 is 2.56 bits per heavy atom. The zero-order valence-electron chi connectivity index (χ0n) is 13.6. The molecule has 0 unspecified atom stereocenters. The van der Waals surface area contributed by atoms with Crippen LogP contribution in [-0.2, 0) is 9.53 Å². The molecule has 25 heavy (non-hydrogen) atoms. The van der Waals surface area contributed by atoms with Crippen LogP contribution in [-0.4, -0.2) is 35.0 Å². The number of hydrogen-bond donors (Lipinski definition) is 2. The van der Waals surface area contributed by atoms with E-state index in [1.54, 1.807) is 0 Å². The van der Waals surface area contributed by atoms with Crippen LogP contribution in [0.2, 0.25) is 0 Å². The minimum Gasteiger partial charge on any atom is -0.447 e. The second kappa shape index (κ2) is 8.27. The van der Waals surface area contributed by atoms with Gasteiger partial charge >= 0.3 is 17.9 Å². The third-order valence-corrected chi connectivity index (χ3v) is 3.80. The highest BCUT2D eigenvalue weighted by atomic mass is 16.7. The Balaban J connectivity index is 1.81. The van der Waals surface area contributed by atoms with Crippen molar-refractivity contribution in [3.8, 4) is 0 Å². The number of carbonyl (C=O) groups excluding carboxylic acids is 3. The maximum absolute atomic E-state index is 11.9. The first kappa shape index (κ1) is 18.4. The van der Waals surface area contributed by atoms with E-state index in [4.69, 9.17) is 4.74 Å². The fraction of sp³-hybridized carbons (Fsp3) is 0.533. The van der Waals surface area contributed by atoms with E-state index >= 15 is 0 Å². The number of rotatable bonds is 5. The average molecular weight is 353 g/mol. The average Bonchev–Trinajstić information content (AvgIpc) is 3.06. The highest BCUT2D eigenvalue weighted by molar-refractivity contribution is 5.98. The van der Waals surface area contributed by atoms with Crippen molar-refractivity contribution in [3.63, 3.8) is 0 Å². The number of hydrogen-bond acceptors (Lipinski definition) is 7. The van der Waals surface area contributed by atoms with E-state index in [2.05, 4.69) is 15.1 Å². The number of ether oxygens (including phenoxy) is 1. The highest BCUT2D eigenvalue weighted by Crippen LogP contribution is 2.18. The van der Waals surface area contributed by atoms with Crippen LogP contribution in [0.15, 0.2) is 16.5 Å². The fourth-order valence-electron chi connectivity index (χ4n) is 2.49. The number of nitro groups is 1. The third kappa shape index (κ3) is 5.30. The number of carbonyl (C=O) groups is 3. The second-order valence-electron chi connectivity index (χ2n) is 5.74. The zero-order chi connectivity index (χ0) is 18.4. The number of nitrogens with zero attached hydrogens (tertiary/aromatic N) is 1. The van der Waals surface area contributed by atoms with Crippen molar-refractivity contribution in [1.29, 1.82) is 0 Å². The molecule has 0 spiro atoms. The van der Waals surface area contributed by atoms with Gasteiger partial charge in [-0.2, -0.15) is 0 Å². The molecule has 3 amide bonds. The normalized spacial score (nSPS) is 15.9. The summed E-state index contributed by atoms with van der Waals surface area (Å²) in [5.74, 6) is -2.86. The number of imide groups is 1. The molecule has 136 valence electrons. The van der Waals surface area contributed by atoms with E-state index in [9.17, 15) is 24.5 Å². The second-order valence-corrected chi connectivity index (χ2v) is 5.74. The Morgan fingerprint density at radius 1 is 1.28 bits per heavy atom. The van der Waals surface area contributed by atoms with E-state index in [1.165, 1.54) is 6.92 Å². The van der Waals surface area contributed by atoms with Gasteiger partial charge in [0.05, 0.1) is 6.07 Å². The molecule has 1 saturated carbocycles. The number of amides is 3. The Bertz CT molecular complexity index is 664. The molecule has 1 fully saturated rings. The van der Waals surface area contributed by atoms with Gasteiger partial charge in [-0.3, -0.25) is 20.2 Å². The summed E-state index contributed by atoms with van der Waals surface area (Å²) in [5, 5.41) is 15.3. The molecule has 0 aromatic carbocycles. The first-order chi connectivity index (χ1) is 11.9. The first-order valence-electron chi connectivity index (χ1n) is 7.93. The van der Waals surface area contributed by atoms with Crippen molar-refractivity contribution >= 4 is 23.8 Å². The van der Waals surface area contributed by atoms with Crippen molar-refractivity contribution < 1.29 is 28.5 Å². The third-order valence-electron chi connectivity index (χ3n) is 3.80. The number of nitrogens with one attached hydrogen (secondary N) is 2. The minimum atomic E-state index is -1.27. The van der Waals surface area contributed by atoms with Crippen LogP contribution >= 0.6 is 0 Å². The van der Waals surface area contributed by atoms with Crippen LogP contribution < -0.4 is 10.6 Å². The molecule has 1 aliphatic carbocycles. The van der Waals surface area contributed by atoms with E-state index in [-0.39, 0.29) is 6.04 Å².